The zero-order valence-electron chi connectivity index (χ0n) is 15.4. The predicted octanol–water partition coefficient (Wildman–Crippen LogP) is 2.24. The van der Waals surface area contributed by atoms with E-state index >= 15 is 4.39 Å². The first-order valence-electron chi connectivity index (χ1n) is 7.89. The molecule has 1 aromatic rings. The van der Waals surface area contributed by atoms with Crippen LogP contribution in [-0.2, 0) is 31.6 Å². The SMILES string of the molecule is Nc1nc(=S)n([C@@H]2O[C@H](COP(=O)(O)OP(=O)(O)OP(=O)(O)O)C[C@]2(F)C(F)(F)F)cc1F. The van der Waals surface area contributed by atoms with E-state index in [1.54, 1.807) is 0 Å². The first-order valence-corrected chi connectivity index (χ1v) is 12.8. The Morgan fingerprint density at radius 2 is 1.82 bits per heavy atom. The fraction of sp³-hybridized carbons (Fsp3) is 0.600. The van der Waals surface area contributed by atoms with E-state index in [1.807, 2.05) is 0 Å². The molecule has 1 aliphatic rings. The van der Waals surface area contributed by atoms with E-state index in [4.69, 9.17) is 25.2 Å². The van der Waals surface area contributed by atoms with Crippen LogP contribution < -0.4 is 5.73 Å². The number of ether oxygens (including phenoxy) is 1. The molecule has 0 aliphatic carbocycles. The van der Waals surface area contributed by atoms with Gasteiger partial charge in [0, 0.05) is 12.6 Å². The summed E-state index contributed by atoms with van der Waals surface area (Å²) in [5.41, 5.74) is 0.885. The zero-order valence-corrected chi connectivity index (χ0v) is 18.9. The molecule has 33 heavy (non-hydrogen) atoms. The third-order valence-electron chi connectivity index (χ3n) is 3.73. The summed E-state index contributed by atoms with van der Waals surface area (Å²) in [4.78, 5) is 38.5. The summed E-state index contributed by atoms with van der Waals surface area (Å²) in [7, 11) is -17.3. The van der Waals surface area contributed by atoms with Crippen LogP contribution in [0.25, 0.3) is 0 Å². The highest BCUT2D eigenvalue weighted by atomic mass is 32.1. The Kier molecular flexibility index (Phi) is 7.99. The highest BCUT2D eigenvalue weighted by Crippen LogP contribution is 2.66. The summed E-state index contributed by atoms with van der Waals surface area (Å²) in [6.45, 7) is -1.39. The molecule has 0 radical (unpaired) electrons. The Bertz CT molecular complexity index is 1110. The number of halogens is 5. The Balaban J connectivity index is 2.24. The number of hydrogen-bond donors (Lipinski definition) is 5. The molecule has 6 N–H and O–H groups in total. The number of hydrogen-bond acceptors (Lipinski definition) is 10. The Morgan fingerprint density at radius 3 is 2.33 bits per heavy atom. The lowest BCUT2D eigenvalue weighted by Gasteiger charge is -2.29. The molecular weight excluding hydrogens is 558 g/mol. The lowest BCUT2D eigenvalue weighted by atomic mass is 9.99. The van der Waals surface area contributed by atoms with Crippen LogP contribution in [0.4, 0.5) is 27.8 Å². The second-order valence-corrected chi connectivity index (χ2v) is 11.0. The molecule has 190 valence electrons. The van der Waals surface area contributed by atoms with Crippen molar-refractivity contribution in [3.63, 3.8) is 0 Å². The summed E-state index contributed by atoms with van der Waals surface area (Å²) in [5.74, 6) is -2.16. The fourth-order valence-electron chi connectivity index (χ4n) is 2.52. The number of aromatic nitrogens is 2. The van der Waals surface area contributed by atoms with Crippen molar-refractivity contribution < 1.29 is 73.1 Å². The molecule has 1 aliphatic heterocycles. The third-order valence-corrected chi connectivity index (χ3v) is 7.84. The molecule has 2 heterocycles. The molecule has 0 bridgehead atoms. The monoisotopic (exact) mass is 571 g/mol. The maximum absolute atomic E-state index is 15.0. The van der Waals surface area contributed by atoms with Crippen LogP contribution in [-0.4, -0.2) is 53.7 Å². The van der Waals surface area contributed by atoms with Crippen molar-refractivity contribution in [3.8, 4) is 0 Å². The van der Waals surface area contributed by atoms with Gasteiger partial charge in [0.15, 0.2) is 17.9 Å². The molecule has 14 nitrogen and oxygen atoms in total. The van der Waals surface area contributed by atoms with Gasteiger partial charge in [-0.25, -0.2) is 22.5 Å². The van der Waals surface area contributed by atoms with Crippen molar-refractivity contribution in [2.45, 2.75) is 30.6 Å². The minimum atomic E-state index is -5.90. The minimum Gasteiger partial charge on any atom is -0.381 e. The first-order chi connectivity index (χ1) is 14.7. The van der Waals surface area contributed by atoms with E-state index < -0.39 is 77.1 Å². The average Bonchev–Trinajstić information content (AvgIpc) is 2.91. The highest BCUT2D eigenvalue weighted by Gasteiger charge is 2.67. The average molecular weight is 571 g/mol. The van der Waals surface area contributed by atoms with Gasteiger partial charge in [0.1, 0.15) is 0 Å². The van der Waals surface area contributed by atoms with E-state index in [1.165, 1.54) is 0 Å². The number of anilines is 1. The molecule has 2 unspecified atom stereocenters. The van der Waals surface area contributed by atoms with E-state index in [-0.39, 0.29) is 4.57 Å². The summed E-state index contributed by atoms with van der Waals surface area (Å²) in [5, 5.41) is 0. The number of nitrogens with two attached hydrogens (primary N) is 1. The predicted molar refractivity (Wildman–Crippen MR) is 95.7 cm³/mol. The highest BCUT2D eigenvalue weighted by molar-refractivity contribution is 7.71. The first kappa shape index (κ1) is 28.4. The summed E-state index contributed by atoms with van der Waals surface area (Å²) < 4.78 is 118. The molecule has 0 aromatic carbocycles. The standard InChI is InChI=1S/C10H13F5N3O11P3S/c11-5-2-18(8(33)17-6(5)16)7-9(12,10(13,14)15)1-4(27-7)3-26-31(22,23)29-32(24,25)28-30(19,20)21/h2,4,7H,1,3H2,(H,22,23)(H,24,25)(H2,16,17,33)(H2,19,20,21)/t4-,7+,9+/m0/s1. The van der Waals surface area contributed by atoms with Crippen LogP contribution in [0.1, 0.15) is 12.6 Å². The van der Waals surface area contributed by atoms with Crippen LogP contribution in [0.2, 0.25) is 0 Å². The molecule has 1 saturated heterocycles. The molecule has 23 heteroatoms. The summed E-state index contributed by atoms with van der Waals surface area (Å²) in [6.07, 6.45) is -11.6. The molecule has 1 fully saturated rings. The normalized spacial score (nSPS) is 27.8. The maximum Gasteiger partial charge on any atom is 0.490 e. The third kappa shape index (κ3) is 7.06. The summed E-state index contributed by atoms with van der Waals surface area (Å²) in [6, 6.07) is 0. The van der Waals surface area contributed by atoms with Crippen molar-refractivity contribution in [1.29, 1.82) is 0 Å². The van der Waals surface area contributed by atoms with Crippen LogP contribution in [0, 0.1) is 10.6 Å². The van der Waals surface area contributed by atoms with Gasteiger partial charge >= 0.3 is 29.6 Å². The number of nitrogen functional groups attached to an aromatic ring is 1. The molecule has 1 aromatic heterocycles. The number of alkyl halides is 4. The Hall–Kier alpha value is -0.880. The molecule has 5 atom stereocenters. The number of nitrogens with zero attached hydrogens (tertiary/aromatic N) is 2. The van der Waals surface area contributed by atoms with Crippen molar-refractivity contribution in [2.75, 3.05) is 12.3 Å². The number of rotatable bonds is 8. The molecular formula is C10H13F5N3O11P3S. The van der Waals surface area contributed by atoms with Gasteiger partial charge in [-0.1, -0.05) is 0 Å². The van der Waals surface area contributed by atoms with Gasteiger partial charge in [-0.3, -0.25) is 9.09 Å². The van der Waals surface area contributed by atoms with E-state index in [0.29, 0.717) is 6.20 Å². The van der Waals surface area contributed by atoms with Gasteiger partial charge in [-0.15, -0.1) is 0 Å². The van der Waals surface area contributed by atoms with Gasteiger partial charge in [0.2, 0.25) is 4.77 Å². The van der Waals surface area contributed by atoms with Crippen molar-refractivity contribution in [1.82, 2.24) is 9.55 Å². The molecule has 0 amide bonds. The van der Waals surface area contributed by atoms with E-state index in [9.17, 15) is 36.2 Å². The second-order valence-electron chi connectivity index (χ2n) is 6.23. The van der Waals surface area contributed by atoms with Crippen LogP contribution in [0.3, 0.4) is 0 Å². The van der Waals surface area contributed by atoms with E-state index in [2.05, 4.69) is 30.3 Å². The van der Waals surface area contributed by atoms with Crippen LogP contribution in [0.15, 0.2) is 6.20 Å². The maximum atomic E-state index is 15.0. The van der Waals surface area contributed by atoms with Crippen LogP contribution >= 0.6 is 35.7 Å². The van der Waals surface area contributed by atoms with Crippen molar-refractivity contribution in [2.24, 2.45) is 0 Å². The van der Waals surface area contributed by atoms with Gasteiger partial charge in [-0.05, 0) is 12.2 Å². The van der Waals surface area contributed by atoms with Gasteiger partial charge in [0.25, 0.3) is 5.67 Å². The summed E-state index contributed by atoms with van der Waals surface area (Å²) >= 11 is 4.65. The quantitative estimate of drug-likeness (QED) is 0.172. The minimum absolute atomic E-state index is 0.166. The van der Waals surface area contributed by atoms with Gasteiger partial charge in [-0.2, -0.15) is 26.8 Å². The number of phosphoric ester groups is 1. The van der Waals surface area contributed by atoms with E-state index in [0.717, 1.165) is 0 Å². The van der Waals surface area contributed by atoms with Crippen molar-refractivity contribution >= 4 is 41.5 Å². The topological polar surface area (TPSA) is 213 Å². The Morgan fingerprint density at radius 1 is 1.24 bits per heavy atom. The van der Waals surface area contributed by atoms with Gasteiger partial charge < -0.3 is 30.0 Å². The van der Waals surface area contributed by atoms with Crippen molar-refractivity contribution in [3.05, 3.63) is 16.8 Å². The molecule has 0 spiro atoms. The Labute approximate surface area is 184 Å². The lowest BCUT2D eigenvalue weighted by molar-refractivity contribution is -0.256. The second kappa shape index (κ2) is 9.29. The van der Waals surface area contributed by atoms with Crippen LogP contribution in [0.5, 0.6) is 0 Å². The lowest BCUT2D eigenvalue weighted by Crippen LogP contribution is -2.45. The fourth-order valence-corrected chi connectivity index (χ4v) is 5.81. The smallest absolute Gasteiger partial charge is 0.381 e. The largest absolute Gasteiger partial charge is 0.490 e. The molecule has 0 saturated carbocycles. The zero-order chi connectivity index (χ0) is 25.6. The number of phosphoric acid groups is 3. The molecule has 2 rings (SSSR count). The van der Waals surface area contributed by atoms with Gasteiger partial charge in [0.05, 0.1) is 12.7 Å².